The van der Waals surface area contributed by atoms with Gasteiger partial charge in [-0.3, -0.25) is 9.59 Å². The zero-order valence-electron chi connectivity index (χ0n) is 15.0. The van der Waals surface area contributed by atoms with E-state index in [2.05, 4.69) is 15.3 Å². The number of hydrogen-bond donors (Lipinski definition) is 1. The molecule has 1 unspecified atom stereocenters. The summed E-state index contributed by atoms with van der Waals surface area (Å²) in [5.74, 6) is -0.331. The zero-order valence-corrected chi connectivity index (χ0v) is 15.0. The van der Waals surface area contributed by atoms with Crippen LogP contribution in [0.1, 0.15) is 31.4 Å². The van der Waals surface area contributed by atoms with Crippen LogP contribution in [0.3, 0.4) is 0 Å². The molecule has 26 heavy (non-hydrogen) atoms. The minimum atomic E-state index is -0.287. The van der Waals surface area contributed by atoms with E-state index in [4.69, 9.17) is 0 Å². The molecule has 0 spiro atoms. The second-order valence-corrected chi connectivity index (χ2v) is 6.72. The Hall–Kier alpha value is -2.70. The molecule has 1 atom stereocenters. The van der Waals surface area contributed by atoms with Gasteiger partial charge in [-0.1, -0.05) is 12.1 Å². The second kappa shape index (κ2) is 7.68. The Labute approximate surface area is 151 Å². The van der Waals surface area contributed by atoms with Crippen LogP contribution in [0.15, 0.2) is 41.3 Å². The number of rotatable bonds is 4. The van der Waals surface area contributed by atoms with Crippen LogP contribution >= 0.6 is 0 Å². The Balaban J connectivity index is 1.55. The summed E-state index contributed by atoms with van der Waals surface area (Å²) in [5, 5.41) is 7.05. The third-order valence-electron chi connectivity index (χ3n) is 4.91. The quantitative estimate of drug-likeness (QED) is 0.908. The number of nitrogens with one attached hydrogen (secondary N) is 1. The molecule has 3 rings (SSSR count). The van der Waals surface area contributed by atoms with Crippen LogP contribution in [0, 0.1) is 11.7 Å². The number of aromatic nitrogens is 2. The van der Waals surface area contributed by atoms with Gasteiger partial charge < -0.3 is 10.2 Å². The molecule has 0 radical (unpaired) electrons. The third-order valence-corrected chi connectivity index (χ3v) is 4.91. The van der Waals surface area contributed by atoms with Gasteiger partial charge in [0, 0.05) is 32.1 Å². The maximum absolute atomic E-state index is 13.0. The van der Waals surface area contributed by atoms with E-state index in [-0.39, 0.29) is 29.2 Å². The summed E-state index contributed by atoms with van der Waals surface area (Å²) in [6.45, 7) is 3.31. The van der Waals surface area contributed by atoms with E-state index in [0.717, 1.165) is 24.1 Å². The van der Waals surface area contributed by atoms with Crippen molar-refractivity contribution in [3.63, 3.8) is 0 Å². The van der Waals surface area contributed by atoms with Crippen molar-refractivity contribution < 1.29 is 9.18 Å². The first-order valence-corrected chi connectivity index (χ1v) is 8.78. The van der Waals surface area contributed by atoms with E-state index in [0.29, 0.717) is 13.1 Å². The summed E-state index contributed by atoms with van der Waals surface area (Å²) in [5.41, 5.74) is 1.53. The van der Waals surface area contributed by atoms with Crippen molar-refractivity contribution in [3.8, 4) is 0 Å². The van der Waals surface area contributed by atoms with Crippen molar-refractivity contribution in [2.24, 2.45) is 13.0 Å². The molecule has 2 heterocycles. The Kier molecular flexibility index (Phi) is 5.35. The molecule has 138 valence electrons. The van der Waals surface area contributed by atoms with Crippen LogP contribution in [-0.4, -0.2) is 28.8 Å². The molecule has 2 aromatic rings. The standard InChI is InChI=1S/C19H23FN4O2/c1-13(14-3-5-16(20)6-4-14)22-19(26)15-7-9-24(10-8-15)17-11-18(25)23(2)21-12-17/h3-6,11-13,15H,7-10H2,1-2H3,(H,22,26). The predicted molar refractivity (Wildman–Crippen MR) is 97.4 cm³/mol. The average molecular weight is 358 g/mol. The molecular formula is C19H23FN4O2. The predicted octanol–water partition coefficient (Wildman–Crippen LogP) is 2.01. The number of anilines is 1. The Bertz CT molecular complexity index is 826. The number of aryl methyl sites for hydroxylation is 1. The molecule has 0 bridgehead atoms. The molecule has 1 aliphatic heterocycles. The van der Waals surface area contributed by atoms with Crippen molar-refractivity contribution >= 4 is 11.6 Å². The summed E-state index contributed by atoms with van der Waals surface area (Å²) in [7, 11) is 1.62. The lowest BCUT2D eigenvalue weighted by atomic mass is 9.95. The second-order valence-electron chi connectivity index (χ2n) is 6.72. The van der Waals surface area contributed by atoms with Gasteiger partial charge in [0.1, 0.15) is 5.82 Å². The van der Waals surface area contributed by atoms with Gasteiger partial charge in [-0.15, -0.1) is 0 Å². The topological polar surface area (TPSA) is 67.2 Å². The molecule has 0 saturated carbocycles. The monoisotopic (exact) mass is 358 g/mol. The molecule has 1 aliphatic rings. The van der Waals surface area contributed by atoms with Crippen LogP contribution in [0.2, 0.25) is 0 Å². The number of hydrogen-bond acceptors (Lipinski definition) is 4. The van der Waals surface area contributed by atoms with E-state index < -0.39 is 0 Å². The molecule has 1 N–H and O–H groups in total. The largest absolute Gasteiger partial charge is 0.370 e. The number of amides is 1. The minimum Gasteiger partial charge on any atom is -0.370 e. The first-order chi connectivity index (χ1) is 12.4. The van der Waals surface area contributed by atoms with Crippen molar-refractivity contribution in [1.29, 1.82) is 0 Å². The highest BCUT2D eigenvalue weighted by atomic mass is 19.1. The van der Waals surface area contributed by atoms with Crippen molar-refractivity contribution in [2.75, 3.05) is 18.0 Å². The van der Waals surface area contributed by atoms with Crippen LogP contribution < -0.4 is 15.8 Å². The number of nitrogens with zero attached hydrogens (tertiary/aromatic N) is 3. The molecule has 1 amide bonds. The fraction of sp³-hybridized carbons (Fsp3) is 0.421. The van der Waals surface area contributed by atoms with Crippen LogP contribution in [0.4, 0.5) is 10.1 Å². The van der Waals surface area contributed by atoms with E-state index in [1.54, 1.807) is 31.4 Å². The highest BCUT2D eigenvalue weighted by molar-refractivity contribution is 5.79. The van der Waals surface area contributed by atoms with E-state index in [1.165, 1.54) is 16.8 Å². The van der Waals surface area contributed by atoms with Gasteiger partial charge >= 0.3 is 0 Å². The van der Waals surface area contributed by atoms with Gasteiger partial charge in [0.2, 0.25) is 5.91 Å². The Morgan fingerprint density at radius 2 is 1.92 bits per heavy atom. The number of carbonyl (C=O) groups is 1. The summed E-state index contributed by atoms with van der Waals surface area (Å²) < 4.78 is 14.3. The molecule has 7 heteroatoms. The van der Waals surface area contributed by atoms with Gasteiger partial charge in [-0.25, -0.2) is 9.07 Å². The van der Waals surface area contributed by atoms with Crippen molar-refractivity contribution in [2.45, 2.75) is 25.8 Å². The van der Waals surface area contributed by atoms with Gasteiger partial charge in [-0.2, -0.15) is 5.10 Å². The Morgan fingerprint density at radius 1 is 1.27 bits per heavy atom. The smallest absolute Gasteiger partial charge is 0.268 e. The van der Waals surface area contributed by atoms with Crippen molar-refractivity contribution in [1.82, 2.24) is 15.1 Å². The highest BCUT2D eigenvalue weighted by Gasteiger charge is 2.26. The van der Waals surface area contributed by atoms with E-state index in [1.807, 2.05) is 6.92 Å². The number of piperidine rings is 1. The van der Waals surface area contributed by atoms with Crippen LogP contribution in [-0.2, 0) is 11.8 Å². The molecule has 6 nitrogen and oxygen atoms in total. The fourth-order valence-electron chi connectivity index (χ4n) is 3.20. The molecule has 0 aliphatic carbocycles. The van der Waals surface area contributed by atoms with Crippen LogP contribution in [0.25, 0.3) is 0 Å². The van der Waals surface area contributed by atoms with Crippen LogP contribution in [0.5, 0.6) is 0 Å². The minimum absolute atomic E-state index is 0.0172. The van der Waals surface area contributed by atoms with Gasteiger partial charge in [0.25, 0.3) is 5.56 Å². The molecular weight excluding hydrogens is 335 g/mol. The summed E-state index contributed by atoms with van der Waals surface area (Å²) in [6, 6.07) is 7.58. The first-order valence-electron chi connectivity index (χ1n) is 8.78. The number of halogens is 1. The van der Waals surface area contributed by atoms with Gasteiger partial charge in [0.05, 0.1) is 17.9 Å². The zero-order chi connectivity index (χ0) is 18.7. The maximum atomic E-state index is 13.0. The lowest BCUT2D eigenvalue weighted by Crippen LogP contribution is -2.41. The lowest BCUT2D eigenvalue weighted by molar-refractivity contribution is -0.126. The molecule has 1 aromatic carbocycles. The molecule has 1 fully saturated rings. The average Bonchev–Trinajstić information content (AvgIpc) is 2.64. The van der Waals surface area contributed by atoms with E-state index >= 15 is 0 Å². The first kappa shape index (κ1) is 18.1. The highest BCUT2D eigenvalue weighted by Crippen LogP contribution is 2.23. The summed E-state index contributed by atoms with van der Waals surface area (Å²) in [6.07, 6.45) is 3.12. The van der Waals surface area contributed by atoms with E-state index in [9.17, 15) is 14.0 Å². The number of benzene rings is 1. The van der Waals surface area contributed by atoms with Gasteiger partial charge in [-0.05, 0) is 37.5 Å². The fourth-order valence-corrected chi connectivity index (χ4v) is 3.20. The number of carbonyl (C=O) groups excluding carboxylic acids is 1. The Morgan fingerprint density at radius 3 is 2.54 bits per heavy atom. The normalized spacial score (nSPS) is 16.3. The SMILES string of the molecule is CC(NC(=O)C1CCN(c2cnn(C)c(=O)c2)CC1)c1ccc(F)cc1. The molecule has 1 saturated heterocycles. The summed E-state index contributed by atoms with van der Waals surface area (Å²) in [4.78, 5) is 26.3. The van der Waals surface area contributed by atoms with Gasteiger partial charge in [0.15, 0.2) is 0 Å². The maximum Gasteiger partial charge on any atom is 0.268 e. The third kappa shape index (κ3) is 4.09. The molecule has 1 aromatic heterocycles. The lowest BCUT2D eigenvalue weighted by Gasteiger charge is -2.33. The summed E-state index contributed by atoms with van der Waals surface area (Å²) >= 11 is 0. The van der Waals surface area contributed by atoms with Crippen molar-refractivity contribution in [3.05, 3.63) is 58.3 Å².